The number of aromatic nitrogens is 1. The molecule has 1 saturated heterocycles. The Morgan fingerprint density at radius 3 is 2.42 bits per heavy atom. The second-order valence-corrected chi connectivity index (χ2v) is 7.13. The van der Waals surface area contributed by atoms with Gasteiger partial charge in [-0.15, -0.1) is 0 Å². The first-order valence-electron chi connectivity index (χ1n) is 9.34. The zero-order valence-corrected chi connectivity index (χ0v) is 16.1. The normalized spacial score (nSPS) is 17.7. The molecular formula is C20H19F6N3O2. The van der Waals surface area contributed by atoms with E-state index in [-0.39, 0.29) is 16.8 Å². The lowest BCUT2D eigenvalue weighted by atomic mass is 9.89. The molecule has 1 aliphatic rings. The minimum atomic E-state index is -5.81. The number of nitrogens with one attached hydrogen (secondary N) is 1. The zero-order valence-electron chi connectivity index (χ0n) is 16.1. The molecule has 1 amide bonds. The van der Waals surface area contributed by atoms with Gasteiger partial charge in [0.2, 0.25) is 0 Å². The van der Waals surface area contributed by atoms with Gasteiger partial charge in [-0.25, -0.2) is 0 Å². The van der Waals surface area contributed by atoms with E-state index in [1.807, 2.05) is 0 Å². The first-order valence-corrected chi connectivity index (χ1v) is 9.34. The van der Waals surface area contributed by atoms with Gasteiger partial charge >= 0.3 is 12.4 Å². The highest BCUT2D eigenvalue weighted by molar-refractivity contribution is 5.98. The molecular weight excluding hydrogens is 428 g/mol. The Kier molecular flexibility index (Phi) is 6.28. The van der Waals surface area contributed by atoms with Crippen LogP contribution in [-0.2, 0) is 10.3 Å². The second kappa shape index (κ2) is 8.46. The van der Waals surface area contributed by atoms with Gasteiger partial charge in [0.1, 0.15) is 0 Å². The van der Waals surface area contributed by atoms with E-state index in [1.165, 1.54) is 24.4 Å². The number of ether oxygens (including phenoxy) is 1. The van der Waals surface area contributed by atoms with E-state index in [1.54, 1.807) is 0 Å². The van der Waals surface area contributed by atoms with Crippen LogP contribution in [0.4, 0.5) is 26.3 Å². The monoisotopic (exact) mass is 447 g/mol. The predicted octanol–water partition coefficient (Wildman–Crippen LogP) is 3.94. The minimum Gasteiger partial charge on any atom is -0.366 e. The van der Waals surface area contributed by atoms with Crippen molar-refractivity contribution in [1.29, 1.82) is 0 Å². The number of benzene rings is 1. The van der Waals surface area contributed by atoms with E-state index in [0.29, 0.717) is 31.5 Å². The van der Waals surface area contributed by atoms with Crippen molar-refractivity contribution in [3.8, 4) is 11.3 Å². The number of nitrogens with two attached hydrogens (primary N) is 1. The number of carbonyl (C=O) groups is 1. The zero-order chi connectivity index (χ0) is 22.9. The number of amides is 1. The Morgan fingerprint density at radius 1 is 1.13 bits per heavy atom. The molecule has 31 heavy (non-hydrogen) atoms. The van der Waals surface area contributed by atoms with E-state index in [9.17, 15) is 31.1 Å². The minimum absolute atomic E-state index is 0.132. The molecule has 3 N–H and O–H groups in total. The van der Waals surface area contributed by atoms with Crippen molar-refractivity contribution >= 4 is 5.91 Å². The van der Waals surface area contributed by atoms with Crippen LogP contribution >= 0.6 is 0 Å². The lowest BCUT2D eigenvalue weighted by Gasteiger charge is -2.38. The summed E-state index contributed by atoms with van der Waals surface area (Å²) in [5.41, 5.74) is -0.858. The summed E-state index contributed by atoms with van der Waals surface area (Å²) in [5.74, 6) is -0.921. The largest absolute Gasteiger partial charge is 0.430 e. The Balaban J connectivity index is 2.14. The van der Waals surface area contributed by atoms with E-state index in [0.717, 1.165) is 6.07 Å². The van der Waals surface area contributed by atoms with Crippen LogP contribution in [0.2, 0.25) is 0 Å². The molecule has 11 heteroatoms. The molecule has 1 fully saturated rings. The van der Waals surface area contributed by atoms with Crippen LogP contribution in [-0.4, -0.2) is 42.4 Å². The van der Waals surface area contributed by atoms with Gasteiger partial charge in [0.25, 0.3) is 11.5 Å². The first-order chi connectivity index (χ1) is 14.5. The van der Waals surface area contributed by atoms with Gasteiger partial charge in [0, 0.05) is 23.4 Å². The third kappa shape index (κ3) is 4.38. The Bertz CT molecular complexity index is 925. The van der Waals surface area contributed by atoms with Crippen LogP contribution < -0.4 is 11.1 Å². The molecule has 0 radical (unpaired) electrons. The number of pyridine rings is 1. The number of hydrogen-bond acceptors (Lipinski definition) is 4. The van der Waals surface area contributed by atoms with Gasteiger partial charge in [0.15, 0.2) is 0 Å². The summed E-state index contributed by atoms with van der Waals surface area (Å²) in [6, 6.07) is 5.67. The number of nitrogens with zero attached hydrogens (tertiary/aromatic N) is 1. The maximum absolute atomic E-state index is 14.0. The summed E-state index contributed by atoms with van der Waals surface area (Å²) >= 11 is 0. The maximum atomic E-state index is 14.0. The molecule has 5 nitrogen and oxygen atoms in total. The smallest absolute Gasteiger partial charge is 0.366 e. The van der Waals surface area contributed by atoms with Gasteiger partial charge in [-0.1, -0.05) is 18.2 Å². The Hall–Kier alpha value is -2.66. The third-order valence-electron chi connectivity index (χ3n) is 5.08. The highest BCUT2D eigenvalue weighted by atomic mass is 19.4. The molecule has 1 aromatic carbocycles. The Morgan fingerprint density at radius 2 is 1.84 bits per heavy atom. The van der Waals surface area contributed by atoms with Crippen LogP contribution in [0.3, 0.4) is 0 Å². The van der Waals surface area contributed by atoms with Crippen LogP contribution in [0.25, 0.3) is 11.3 Å². The van der Waals surface area contributed by atoms with Crippen molar-refractivity contribution in [3.63, 3.8) is 0 Å². The lowest BCUT2D eigenvalue weighted by molar-refractivity contribution is -0.390. The number of rotatable bonds is 6. The summed E-state index contributed by atoms with van der Waals surface area (Å²) in [6.45, 7) is -0.288. The summed E-state index contributed by atoms with van der Waals surface area (Å²) in [6.07, 6.45) is -9.33. The van der Waals surface area contributed by atoms with Gasteiger partial charge in [-0.3, -0.25) is 9.78 Å². The van der Waals surface area contributed by atoms with E-state index < -0.39 is 42.1 Å². The topological polar surface area (TPSA) is 77.2 Å². The van der Waals surface area contributed by atoms with E-state index in [2.05, 4.69) is 15.0 Å². The first kappa shape index (κ1) is 23.0. The maximum Gasteiger partial charge on any atom is 0.430 e. The standard InChI is InChI=1S/C20H19F6N3O2/c21-19(22,23)18(20(24,25)26,31-11-14-6-2-8-28-14)13-5-1-4-12(10-13)16-15(17(27)30)7-3-9-29-16/h1,3-5,7,9-10,14,28H,2,6,8,11H2,(H2,27,30). The van der Waals surface area contributed by atoms with Gasteiger partial charge in [-0.2, -0.15) is 26.3 Å². The number of primary amides is 1. The molecule has 0 spiro atoms. The molecule has 1 aromatic heterocycles. The van der Waals surface area contributed by atoms with Gasteiger partial charge in [-0.05, 0) is 37.6 Å². The second-order valence-electron chi connectivity index (χ2n) is 7.13. The summed E-state index contributed by atoms with van der Waals surface area (Å²) in [5, 5.41) is 2.82. The average Bonchev–Trinajstić information content (AvgIpc) is 3.20. The molecule has 2 aromatic rings. The van der Waals surface area contributed by atoms with Crippen molar-refractivity contribution in [2.45, 2.75) is 36.8 Å². The molecule has 1 unspecified atom stereocenters. The molecule has 1 atom stereocenters. The fourth-order valence-corrected chi connectivity index (χ4v) is 3.58. The molecule has 168 valence electrons. The van der Waals surface area contributed by atoms with Gasteiger partial charge in [0.05, 0.1) is 17.9 Å². The Labute approximate surface area is 173 Å². The van der Waals surface area contributed by atoms with Crippen molar-refractivity contribution < 1.29 is 35.9 Å². The summed E-state index contributed by atoms with van der Waals surface area (Å²) in [7, 11) is 0. The average molecular weight is 447 g/mol. The summed E-state index contributed by atoms with van der Waals surface area (Å²) < 4.78 is 88.8. The van der Waals surface area contributed by atoms with Crippen LogP contribution in [0.5, 0.6) is 0 Å². The predicted molar refractivity (Wildman–Crippen MR) is 99.0 cm³/mol. The van der Waals surface area contributed by atoms with E-state index in [4.69, 9.17) is 5.73 Å². The van der Waals surface area contributed by atoms with E-state index >= 15 is 0 Å². The van der Waals surface area contributed by atoms with Crippen molar-refractivity contribution in [1.82, 2.24) is 10.3 Å². The number of halogens is 6. The van der Waals surface area contributed by atoms with Crippen molar-refractivity contribution in [3.05, 3.63) is 53.7 Å². The quantitative estimate of drug-likeness (QED) is 0.658. The molecule has 0 aliphatic carbocycles. The summed E-state index contributed by atoms with van der Waals surface area (Å²) in [4.78, 5) is 15.5. The SMILES string of the molecule is NC(=O)c1cccnc1-c1cccc(C(OCC2CCCN2)(C(F)(F)F)C(F)(F)F)c1. The van der Waals surface area contributed by atoms with Crippen LogP contribution in [0.1, 0.15) is 28.8 Å². The number of hydrogen-bond donors (Lipinski definition) is 2. The highest BCUT2D eigenvalue weighted by Gasteiger charge is 2.73. The molecule has 0 saturated carbocycles. The fraction of sp³-hybridized carbons (Fsp3) is 0.400. The molecule has 3 rings (SSSR count). The molecule has 1 aliphatic heterocycles. The van der Waals surface area contributed by atoms with Crippen LogP contribution in [0.15, 0.2) is 42.6 Å². The van der Waals surface area contributed by atoms with Crippen LogP contribution in [0, 0.1) is 0 Å². The van der Waals surface area contributed by atoms with Crippen molar-refractivity contribution in [2.75, 3.05) is 13.2 Å². The highest BCUT2D eigenvalue weighted by Crippen LogP contribution is 2.53. The fourth-order valence-electron chi connectivity index (χ4n) is 3.58. The number of alkyl halides is 6. The lowest BCUT2D eigenvalue weighted by Crippen LogP contribution is -2.57. The third-order valence-corrected chi connectivity index (χ3v) is 5.08. The number of carbonyl (C=O) groups excluding carboxylic acids is 1. The molecule has 0 bridgehead atoms. The van der Waals surface area contributed by atoms with Gasteiger partial charge < -0.3 is 15.8 Å². The molecule has 2 heterocycles. The van der Waals surface area contributed by atoms with Crippen molar-refractivity contribution in [2.24, 2.45) is 5.73 Å².